The summed E-state index contributed by atoms with van der Waals surface area (Å²) in [5, 5.41) is 0.678. The molecule has 0 aliphatic carbocycles. The lowest BCUT2D eigenvalue weighted by Gasteiger charge is -2.34. The van der Waals surface area contributed by atoms with Crippen molar-refractivity contribution >= 4 is 17.5 Å². The second kappa shape index (κ2) is 10.4. The Morgan fingerprint density at radius 2 is 1.66 bits per heavy atom. The molecule has 0 saturated carbocycles. The fraction of sp³-hybridized carbons (Fsp3) is 0.409. The number of carbonyl (C=O) groups is 1. The summed E-state index contributed by atoms with van der Waals surface area (Å²) in [5.41, 5.74) is 0.588. The van der Waals surface area contributed by atoms with Crippen LogP contribution in [-0.2, 0) is 0 Å². The quantitative estimate of drug-likeness (QED) is 0.613. The van der Waals surface area contributed by atoms with Crippen molar-refractivity contribution in [2.45, 2.75) is 6.42 Å². The van der Waals surface area contributed by atoms with Crippen LogP contribution in [0.25, 0.3) is 0 Å². The second-order valence-corrected chi connectivity index (χ2v) is 7.33. The molecule has 0 aromatic heterocycles. The van der Waals surface area contributed by atoms with Crippen molar-refractivity contribution in [2.24, 2.45) is 0 Å². The maximum atomic E-state index is 12.9. The third kappa shape index (κ3) is 6.02. The second-order valence-electron chi connectivity index (χ2n) is 6.89. The number of ether oxygens (including phenoxy) is 3. The van der Waals surface area contributed by atoms with Gasteiger partial charge in [0.05, 0.1) is 20.8 Å². The first-order valence-electron chi connectivity index (χ1n) is 9.72. The van der Waals surface area contributed by atoms with E-state index in [1.165, 1.54) is 0 Å². The van der Waals surface area contributed by atoms with Crippen molar-refractivity contribution in [3.05, 3.63) is 53.1 Å². The van der Waals surface area contributed by atoms with Gasteiger partial charge in [0, 0.05) is 49.4 Å². The number of hydrogen-bond acceptors (Lipinski definition) is 5. The Bertz CT molecular complexity index is 800. The van der Waals surface area contributed by atoms with Crippen LogP contribution in [0.2, 0.25) is 5.02 Å². The molecular weight excluding hydrogens is 392 g/mol. The van der Waals surface area contributed by atoms with Crippen molar-refractivity contribution in [2.75, 3.05) is 53.6 Å². The lowest BCUT2D eigenvalue weighted by molar-refractivity contribution is 0.0630. The highest BCUT2D eigenvalue weighted by Gasteiger charge is 2.22. The van der Waals surface area contributed by atoms with Gasteiger partial charge in [0.15, 0.2) is 0 Å². The van der Waals surface area contributed by atoms with Crippen LogP contribution in [0.1, 0.15) is 16.8 Å². The molecule has 1 amide bonds. The first-order valence-corrected chi connectivity index (χ1v) is 10.1. The third-order valence-corrected chi connectivity index (χ3v) is 5.18. The fourth-order valence-electron chi connectivity index (χ4n) is 3.32. The maximum absolute atomic E-state index is 12.9. The van der Waals surface area contributed by atoms with Gasteiger partial charge in [-0.15, -0.1) is 0 Å². The first kappa shape index (κ1) is 21.3. The van der Waals surface area contributed by atoms with E-state index in [2.05, 4.69) is 4.90 Å². The van der Waals surface area contributed by atoms with Gasteiger partial charge in [-0.3, -0.25) is 9.69 Å². The van der Waals surface area contributed by atoms with E-state index < -0.39 is 0 Å². The Morgan fingerprint density at radius 3 is 2.28 bits per heavy atom. The van der Waals surface area contributed by atoms with E-state index in [9.17, 15) is 4.79 Å². The van der Waals surface area contributed by atoms with Gasteiger partial charge < -0.3 is 19.1 Å². The maximum Gasteiger partial charge on any atom is 0.254 e. The minimum atomic E-state index is 0.00568. The molecule has 2 aromatic rings. The van der Waals surface area contributed by atoms with Crippen molar-refractivity contribution in [1.82, 2.24) is 9.80 Å². The summed E-state index contributed by atoms with van der Waals surface area (Å²) in [5.74, 6) is 2.03. The monoisotopic (exact) mass is 418 g/mol. The normalized spacial score (nSPS) is 14.5. The van der Waals surface area contributed by atoms with Crippen LogP contribution >= 0.6 is 11.6 Å². The number of amides is 1. The zero-order valence-corrected chi connectivity index (χ0v) is 17.7. The highest BCUT2D eigenvalue weighted by molar-refractivity contribution is 6.30. The standard InChI is InChI=1S/C22H27ClN2O4/c1-27-20-13-17(14-21(16-20)28-2)22(26)25-10-8-24(9-11-25)7-4-12-29-19-6-3-5-18(23)15-19/h3,5-6,13-16H,4,7-12H2,1-2H3. The summed E-state index contributed by atoms with van der Waals surface area (Å²) < 4.78 is 16.3. The molecule has 1 heterocycles. The van der Waals surface area contributed by atoms with Gasteiger partial charge in [0.2, 0.25) is 0 Å². The van der Waals surface area contributed by atoms with Crippen LogP contribution in [0.3, 0.4) is 0 Å². The highest BCUT2D eigenvalue weighted by Crippen LogP contribution is 2.24. The molecule has 1 aliphatic heterocycles. The summed E-state index contributed by atoms with van der Waals surface area (Å²) in [7, 11) is 3.16. The number of carbonyl (C=O) groups excluding carboxylic acids is 1. The number of piperazine rings is 1. The predicted molar refractivity (Wildman–Crippen MR) is 113 cm³/mol. The van der Waals surface area contributed by atoms with Crippen molar-refractivity contribution < 1.29 is 19.0 Å². The van der Waals surface area contributed by atoms with Gasteiger partial charge in [-0.05, 0) is 36.8 Å². The molecule has 2 aromatic carbocycles. The lowest BCUT2D eigenvalue weighted by Crippen LogP contribution is -2.49. The van der Waals surface area contributed by atoms with E-state index in [1.807, 2.05) is 29.2 Å². The van der Waals surface area contributed by atoms with E-state index in [0.29, 0.717) is 41.8 Å². The van der Waals surface area contributed by atoms with Crippen molar-refractivity contribution in [3.63, 3.8) is 0 Å². The summed E-state index contributed by atoms with van der Waals surface area (Å²) >= 11 is 5.96. The Hall–Kier alpha value is -2.44. The molecule has 156 valence electrons. The van der Waals surface area contributed by atoms with Crippen LogP contribution in [0.5, 0.6) is 17.2 Å². The number of methoxy groups -OCH3 is 2. The van der Waals surface area contributed by atoms with Crippen LogP contribution in [-0.4, -0.2) is 69.3 Å². The average molecular weight is 419 g/mol. The lowest BCUT2D eigenvalue weighted by atomic mass is 10.1. The molecule has 7 heteroatoms. The SMILES string of the molecule is COc1cc(OC)cc(C(=O)N2CCN(CCCOc3cccc(Cl)c3)CC2)c1. The molecule has 0 atom stereocenters. The molecule has 29 heavy (non-hydrogen) atoms. The van der Waals surface area contributed by atoms with E-state index in [-0.39, 0.29) is 5.91 Å². The van der Waals surface area contributed by atoms with Crippen molar-refractivity contribution in [1.29, 1.82) is 0 Å². The zero-order valence-electron chi connectivity index (χ0n) is 16.9. The van der Waals surface area contributed by atoms with E-state index in [4.69, 9.17) is 25.8 Å². The largest absolute Gasteiger partial charge is 0.497 e. The minimum Gasteiger partial charge on any atom is -0.497 e. The topological polar surface area (TPSA) is 51.2 Å². The molecule has 0 radical (unpaired) electrons. The average Bonchev–Trinajstić information content (AvgIpc) is 2.76. The van der Waals surface area contributed by atoms with Gasteiger partial charge in [-0.2, -0.15) is 0 Å². The predicted octanol–water partition coefficient (Wildman–Crippen LogP) is 3.58. The third-order valence-electron chi connectivity index (χ3n) is 4.94. The molecule has 0 N–H and O–H groups in total. The molecular formula is C22H27ClN2O4. The molecule has 0 bridgehead atoms. The molecule has 0 unspecified atom stereocenters. The Balaban J connectivity index is 1.43. The number of nitrogens with zero attached hydrogens (tertiary/aromatic N) is 2. The molecule has 1 aliphatic rings. The van der Waals surface area contributed by atoms with Gasteiger partial charge in [-0.1, -0.05) is 17.7 Å². The van der Waals surface area contributed by atoms with Crippen molar-refractivity contribution in [3.8, 4) is 17.2 Å². The summed E-state index contributed by atoms with van der Waals surface area (Å²) in [6.07, 6.45) is 0.924. The molecule has 3 rings (SSSR count). The van der Waals surface area contributed by atoms with E-state index >= 15 is 0 Å². The number of benzene rings is 2. The van der Waals surface area contributed by atoms with Crippen LogP contribution in [0, 0.1) is 0 Å². The number of halogens is 1. The highest BCUT2D eigenvalue weighted by atomic mass is 35.5. The minimum absolute atomic E-state index is 0.00568. The molecule has 6 nitrogen and oxygen atoms in total. The van der Waals surface area contributed by atoms with Crippen LogP contribution in [0.4, 0.5) is 0 Å². The van der Waals surface area contributed by atoms with Crippen LogP contribution in [0.15, 0.2) is 42.5 Å². The smallest absolute Gasteiger partial charge is 0.254 e. The fourth-order valence-corrected chi connectivity index (χ4v) is 3.50. The number of rotatable bonds is 8. The summed E-state index contributed by atoms with van der Waals surface area (Å²) in [4.78, 5) is 17.1. The Morgan fingerprint density at radius 1 is 0.966 bits per heavy atom. The van der Waals surface area contributed by atoms with Gasteiger partial charge in [0.25, 0.3) is 5.91 Å². The van der Waals surface area contributed by atoms with E-state index in [0.717, 1.165) is 31.8 Å². The molecule has 0 spiro atoms. The van der Waals surface area contributed by atoms with Gasteiger partial charge in [-0.25, -0.2) is 0 Å². The summed E-state index contributed by atoms with van der Waals surface area (Å²) in [6, 6.07) is 12.7. The number of hydrogen-bond donors (Lipinski definition) is 0. The Labute approximate surface area is 176 Å². The zero-order chi connectivity index (χ0) is 20.6. The summed E-state index contributed by atoms with van der Waals surface area (Å²) in [6.45, 7) is 4.69. The Kier molecular flexibility index (Phi) is 7.61. The van der Waals surface area contributed by atoms with E-state index in [1.54, 1.807) is 32.4 Å². The molecule has 1 saturated heterocycles. The van der Waals surface area contributed by atoms with Gasteiger partial charge >= 0.3 is 0 Å². The first-order chi connectivity index (χ1) is 14.1. The van der Waals surface area contributed by atoms with Gasteiger partial charge in [0.1, 0.15) is 17.2 Å². The molecule has 1 fully saturated rings. The van der Waals surface area contributed by atoms with Crippen LogP contribution < -0.4 is 14.2 Å².